The van der Waals surface area contributed by atoms with Crippen molar-refractivity contribution in [2.75, 3.05) is 52.5 Å². The Morgan fingerprint density at radius 2 is 2.21 bits per heavy atom. The Balaban J connectivity index is 1.27. The SMILES string of the molecule is O=C(NC[C@H]1C[C@@H]2CCN1C[C@@H]2CN1CCOCC1)c1cccs1. The number of ether oxygens (including phenoxy) is 1. The normalized spacial score (nSPS) is 33.5. The van der Waals surface area contributed by atoms with E-state index in [-0.39, 0.29) is 5.91 Å². The van der Waals surface area contributed by atoms with Gasteiger partial charge < -0.3 is 10.1 Å². The first-order chi connectivity index (χ1) is 11.8. The summed E-state index contributed by atoms with van der Waals surface area (Å²) in [6.07, 6.45) is 2.56. The summed E-state index contributed by atoms with van der Waals surface area (Å²) in [7, 11) is 0. The summed E-state index contributed by atoms with van der Waals surface area (Å²) in [6, 6.07) is 4.35. The predicted molar refractivity (Wildman–Crippen MR) is 95.5 cm³/mol. The van der Waals surface area contributed by atoms with Crippen molar-refractivity contribution in [2.45, 2.75) is 18.9 Å². The third-order valence-corrected chi connectivity index (χ3v) is 6.72. The lowest BCUT2D eigenvalue weighted by Crippen LogP contribution is -2.58. The first-order valence-electron chi connectivity index (χ1n) is 9.15. The largest absolute Gasteiger partial charge is 0.379 e. The fourth-order valence-electron chi connectivity index (χ4n) is 4.49. The van der Waals surface area contributed by atoms with Crippen molar-refractivity contribution in [3.8, 4) is 0 Å². The van der Waals surface area contributed by atoms with Gasteiger partial charge in [-0.1, -0.05) is 6.07 Å². The lowest BCUT2D eigenvalue weighted by atomic mass is 9.75. The summed E-state index contributed by atoms with van der Waals surface area (Å²) >= 11 is 1.51. The molecule has 1 N–H and O–H groups in total. The van der Waals surface area contributed by atoms with Crippen LogP contribution in [0, 0.1) is 11.8 Å². The minimum Gasteiger partial charge on any atom is -0.379 e. The maximum atomic E-state index is 12.1. The van der Waals surface area contributed by atoms with Gasteiger partial charge in [0.2, 0.25) is 0 Å². The van der Waals surface area contributed by atoms with Crippen LogP contribution in [-0.2, 0) is 4.74 Å². The van der Waals surface area contributed by atoms with E-state index in [0.717, 1.165) is 49.6 Å². The number of carbonyl (C=O) groups excluding carboxylic acids is 1. The van der Waals surface area contributed by atoms with Crippen LogP contribution in [0.5, 0.6) is 0 Å². The van der Waals surface area contributed by atoms with E-state index in [1.807, 2.05) is 17.5 Å². The van der Waals surface area contributed by atoms with Crippen LogP contribution in [0.3, 0.4) is 0 Å². The predicted octanol–water partition coefficient (Wildman–Crippen LogP) is 1.52. The molecule has 2 bridgehead atoms. The molecular weight excluding hydrogens is 322 g/mol. The van der Waals surface area contributed by atoms with Crippen molar-refractivity contribution >= 4 is 17.2 Å². The molecule has 5 rings (SSSR count). The standard InChI is InChI=1S/C18H27N3O2S/c22-18(17-2-1-9-24-17)19-11-16-10-14-3-4-21(16)13-15(14)12-20-5-7-23-8-6-20/h1-2,9,14-16H,3-8,10-13H2,(H,19,22)/t14-,15-,16+/m0/s1. The van der Waals surface area contributed by atoms with Gasteiger partial charge in [-0.05, 0) is 42.7 Å². The molecule has 0 saturated carbocycles. The van der Waals surface area contributed by atoms with E-state index in [1.165, 1.54) is 43.8 Å². The molecule has 6 heteroatoms. The summed E-state index contributed by atoms with van der Waals surface area (Å²) in [6.45, 7) is 8.35. The molecule has 5 heterocycles. The molecule has 1 aromatic heterocycles. The Kier molecular flexibility index (Phi) is 5.17. The smallest absolute Gasteiger partial charge is 0.261 e. The number of morpholine rings is 1. The van der Waals surface area contributed by atoms with Crippen LogP contribution in [0.2, 0.25) is 0 Å². The second-order valence-electron chi connectivity index (χ2n) is 7.29. The fourth-order valence-corrected chi connectivity index (χ4v) is 5.13. The molecule has 4 atom stereocenters. The number of fused-ring (bicyclic) bond motifs is 3. The topological polar surface area (TPSA) is 44.8 Å². The highest BCUT2D eigenvalue weighted by Gasteiger charge is 2.40. The number of nitrogens with one attached hydrogen (secondary N) is 1. The molecule has 1 aromatic rings. The number of nitrogens with zero attached hydrogens (tertiary/aromatic N) is 2. The first kappa shape index (κ1) is 16.5. The lowest BCUT2D eigenvalue weighted by molar-refractivity contribution is -0.0292. The number of rotatable bonds is 5. The monoisotopic (exact) mass is 349 g/mol. The molecule has 5 nitrogen and oxygen atoms in total. The number of hydrogen-bond acceptors (Lipinski definition) is 5. The van der Waals surface area contributed by atoms with Gasteiger partial charge in [0.15, 0.2) is 0 Å². The van der Waals surface area contributed by atoms with Gasteiger partial charge in [-0.2, -0.15) is 0 Å². The quantitative estimate of drug-likeness (QED) is 0.875. The van der Waals surface area contributed by atoms with Crippen molar-refractivity contribution < 1.29 is 9.53 Å². The Morgan fingerprint density at radius 1 is 1.33 bits per heavy atom. The molecule has 4 fully saturated rings. The third kappa shape index (κ3) is 3.67. The second-order valence-corrected chi connectivity index (χ2v) is 8.24. The fraction of sp³-hybridized carbons (Fsp3) is 0.722. The van der Waals surface area contributed by atoms with Crippen molar-refractivity contribution in [3.63, 3.8) is 0 Å². The Morgan fingerprint density at radius 3 is 2.92 bits per heavy atom. The molecule has 0 aromatic carbocycles. The van der Waals surface area contributed by atoms with Gasteiger partial charge in [0, 0.05) is 38.8 Å². The van der Waals surface area contributed by atoms with E-state index in [1.54, 1.807) is 0 Å². The molecular formula is C18H27N3O2S. The van der Waals surface area contributed by atoms with E-state index in [2.05, 4.69) is 15.1 Å². The number of thiophene rings is 1. The molecule has 1 amide bonds. The lowest BCUT2D eigenvalue weighted by Gasteiger charge is -2.51. The minimum atomic E-state index is 0.0810. The minimum absolute atomic E-state index is 0.0810. The van der Waals surface area contributed by atoms with Gasteiger partial charge in [0.05, 0.1) is 18.1 Å². The zero-order valence-electron chi connectivity index (χ0n) is 14.2. The zero-order valence-corrected chi connectivity index (χ0v) is 15.0. The summed E-state index contributed by atoms with van der Waals surface area (Å²) in [5, 5.41) is 5.09. The van der Waals surface area contributed by atoms with Gasteiger partial charge in [-0.25, -0.2) is 0 Å². The van der Waals surface area contributed by atoms with Gasteiger partial charge in [0.25, 0.3) is 5.91 Å². The highest BCUT2D eigenvalue weighted by molar-refractivity contribution is 7.12. The van der Waals surface area contributed by atoms with Crippen molar-refractivity contribution in [3.05, 3.63) is 22.4 Å². The molecule has 0 aliphatic carbocycles. The van der Waals surface area contributed by atoms with Crippen LogP contribution in [0.1, 0.15) is 22.5 Å². The van der Waals surface area contributed by atoms with Crippen molar-refractivity contribution in [2.24, 2.45) is 11.8 Å². The Hall–Kier alpha value is -0.950. The van der Waals surface area contributed by atoms with Gasteiger partial charge in [-0.15, -0.1) is 11.3 Å². The summed E-state index contributed by atoms with van der Waals surface area (Å²) in [4.78, 5) is 18.1. The maximum Gasteiger partial charge on any atom is 0.261 e. The number of amides is 1. The van der Waals surface area contributed by atoms with Crippen molar-refractivity contribution in [1.29, 1.82) is 0 Å². The van der Waals surface area contributed by atoms with Crippen LogP contribution in [0.4, 0.5) is 0 Å². The van der Waals surface area contributed by atoms with Crippen LogP contribution >= 0.6 is 11.3 Å². The highest BCUT2D eigenvalue weighted by Crippen LogP contribution is 2.36. The molecule has 0 radical (unpaired) electrons. The number of piperidine rings is 3. The molecule has 4 aliphatic heterocycles. The molecule has 1 unspecified atom stereocenters. The van der Waals surface area contributed by atoms with Gasteiger partial charge in [-0.3, -0.25) is 14.6 Å². The van der Waals surface area contributed by atoms with E-state index >= 15 is 0 Å². The number of hydrogen-bond donors (Lipinski definition) is 1. The molecule has 24 heavy (non-hydrogen) atoms. The third-order valence-electron chi connectivity index (χ3n) is 5.85. The van der Waals surface area contributed by atoms with Gasteiger partial charge in [0.1, 0.15) is 0 Å². The maximum absolute atomic E-state index is 12.1. The van der Waals surface area contributed by atoms with Crippen LogP contribution < -0.4 is 5.32 Å². The van der Waals surface area contributed by atoms with Crippen molar-refractivity contribution in [1.82, 2.24) is 15.1 Å². The van der Waals surface area contributed by atoms with Crippen LogP contribution in [0.15, 0.2) is 17.5 Å². The Labute approximate surface area is 148 Å². The summed E-state index contributed by atoms with van der Waals surface area (Å²) in [5.74, 6) is 1.69. The average molecular weight is 350 g/mol. The number of carbonyl (C=O) groups is 1. The highest BCUT2D eigenvalue weighted by atomic mass is 32.1. The molecule has 4 saturated heterocycles. The van der Waals surface area contributed by atoms with Gasteiger partial charge >= 0.3 is 0 Å². The molecule has 132 valence electrons. The van der Waals surface area contributed by atoms with E-state index in [9.17, 15) is 4.79 Å². The van der Waals surface area contributed by atoms with Crippen LogP contribution in [0.25, 0.3) is 0 Å². The van der Waals surface area contributed by atoms with E-state index in [4.69, 9.17) is 4.74 Å². The van der Waals surface area contributed by atoms with E-state index < -0.39 is 0 Å². The average Bonchev–Trinajstić information content (AvgIpc) is 3.16. The summed E-state index contributed by atoms with van der Waals surface area (Å²) in [5.41, 5.74) is 0. The second kappa shape index (κ2) is 7.52. The molecule has 0 spiro atoms. The van der Waals surface area contributed by atoms with E-state index in [0.29, 0.717) is 6.04 Å². The zero-order chi connectivity index (χ0) is 16.4. The van der Waals surface area contributed by atoms with Crippen LogP contribution in [-0.4, -0.2) is 74.2 Å². The first-order valence-corrected chi connectivity index (χ1v) is 10.0. The summed E-state index contributed by atoms with van der Waals surface area (Å²) < 4.78 is 5.46. The molecule has 4 aliphatic rings. The Bertz CT molecular complexity index is 544.